The van der Waals surface area contributed by atoms with Crippen LogP contribution in [0.3, 0.4) is 0 Å². The molecule has 0 fully saturated rings. The number of carbonyl (C=O) groups excluding carboxylic acids is 2. The molecule has 5 nitrogen and oxygen atoms in total. The number of carbonyl (C=O) groups is 2. The van der Waals surface area contributed by atoms with E-state index in [1.165, 1.54) is 0 Å². The fourth-order valence-corrected chi connectivity index (χ4v) is 4.35. The third-order valence-electron chi connectivity index (χ3n) is 4.29. The number of para-hydroxylation sites is 2. The largest absolute Gasteiger partial charge is 0.326 e. The summed E-state index contributed by atoms with van der Waals surface area (Å²) >= 11 is 0. The minimum absolute atomic E-state index is 0.121. The molecule has 6 heteroatoms. The van der Waals surface area contributed by atoms with Gasteiger partial charge in [-0.25, -0.2) is 0 Å². The Morgan fingerprint density at radius 3 is 2.72 bits per heavy atom. The Hall–Kier alpha value is -2.47. The number of hydrogen-bond acceptors (Lipinski definition) is 3. The maximum absolute atomic E-state index is 12.7. The van der Waals surface area contributed by atoms with Crippen molar-refractivity contribution < 1.29 is 13.8 Å². The molecule has 0 spiro atoms. The second-order valence-electron chi connectivity index (χ2n) is 5.99. The van der Waals surface area contributed by atoms with Crippen molar-refractivity contribution in [2.24, 2.45) is 0 Å². The standard InChI is InChI=1S/C19H20N2O3S/c1-3-13-8-6-7-12(2)18(13)21-17(22)11-16-19(23)20-14-9-4-5-10-15(14)25(16)24/h4-10,16H,3,11H2,1-2H3,(H,20,23)(H,21,22)/t16-,25-/m1/s1. The van der Waals surface area contributed by atoms with E-state index in [1.54, 1.807) is 24.3 Å². The van der Waals surface area contributed by atoms with Gasteiger partial charge in [0.05, 0.1) is 27.8 Å². The number of fused-ring (bicyclic) bond motifs is 1. The summed E-state index contributed by atoms with van der Waals surface area (Å²) in [5.74, 6) is -0.690. The van der Waals surface area contributed by atoms with E-state index in [2.05, 4.69) is 10.6 Å². The lowest BCUT2D eigenvalue weighted by atomic mass is 10.1. The van der Waals surface area contributed by atoms with Crippen molar-refractivity contribution in [2.45, 2.75) is 36.8 Å². The summed E-state index contributed by atoms with van der Waals surface area (Å²) in [6, 6.07) is 12.8. The normalized spacial score (nSPS) is 19.0. The van der Waals surface area contributed by atoms with E-state index in [0.717, 1.165) is 23.2 Å². The van der Waals surface area contributed by atoms with Gasteiger partial charge in [-0.15, -0.1) is 0 Å². The number of nitrogens with one attached hydrogen (secondary N) is 2. The van der Waals surface area contributed by atoms with Crippen molar-refractivity contribution >= 4 is 34.0 Å². The van der Waals surface area contributed by atoms with E-state index in [-0.39, 0.29) is 18.2 Å². The molecule has 0 aliphatic carbocycles. The summed E-state index contributed by atoms with van der Waals surface area (Å²) in [4.78, 5) is 25.3. The molecule has 0 bridgehead atoms. The predicted molar refractivity (Wildman–Crippen MR) is 99.1 cm³/mol. The van der Waals surface area contributed by atoms with Gasteiger partial charge < -0.3 is 10.6 Å². The van der Waals surface area contributed by atoms with E-state index >= 15 is 0 Å². The van der Waals surface area contributed by atoms with Crippen LogP contribution in [0.4, 0.5) is 11.4 Å². The molecular weight excluding hydrogens is 336 g/mol. The molecule has 0 radical (unpaired) electrons. The summed E-state index contributed by atoms with van der Waals surface area (Å²) in [5, 5.41) is 4.74. The van der Waals surface area contributed by atoms with E-state index in [4.69, 9.17) is 0 Å². The third-order valence-corrected chi connectivity index (χ3v) is 5.97. The molecule has 2 amide bonds. The molecule has 1 aliphatic heterocycles. The van der Waals surface area contributed by atoms with Gasteiger partial charge in [0.2, 0.25) is 11.8 Å². The highest BCUT2D eigenvalue weighted by Gasteiger charge is 2.34. The lowest BCUT2D eigenvalue weighted by Crippen LogP contribution is -2.39. The lowest BCUT2D eigenvalue weighted by molar-refractivity contribution is -0.120. The average molecular weight is 356 g/mol. The summed E-state index contributed by atoms with van der Waals surface area (Å²) < 4.78 is 12.7. The molecule has 0 saturated carbocycles. The van der Waals surface area contributed by atoms with Gasteiger partial charge in [0, 0.05) is 5.69 Å². The van der Waals surface area contributed by atoms with E-state index in [0.29, 0.717) is 10.6 Å². The van der Waals surface area contributed by atoms with Crippen LogP contribution in [0.15, 0.2) is 47.4 Å². The van der Waals surface area contributed by atoms with Crippen LogP contribution >= 0.6 is 0 Å². The first kappa shape index (κ1) is 17.4. The molecule has 0 unspecified atom stereocenters. The highest BCUT2D eigenvalue weighted by Crippen LogP contribution is 2.29. The molecule has 2 aromatic carbocycles. The maximum atomic E-state index is 12.7. The molecule has 1 aliphatic rings. The first-order valence-corrected chi connectivity index (χ1v) is 9.41. The van der Waals surface area contributed by atoms with Crippen molar-refractivity contribution in [3.05, 3.63) is 53.6 Å². The van der Waals surface area contributed by atoms with Crippen LogP contribution in [0.25, 0.3) is 0 Å². The zero-order valence-electron chi connectivity index (χ0n) is 14.2. The van der Waals surface area contributed by atoms with Gasteiger partial charge >= 0.3 is 0 Å². The van der Waals surface area contributed by atoms with Gasteiger partial charge in [-0.05, 0) is 36.6 Å². The molecule has 25 heavy (non-hydrogen) atoms. The Morgan fingerprint density at radius 2 is 1.96 bits per heavy atom. The highest BCUT2D eigenvalue weighted by molar-refractivity contribution is 7.86. The monoisotopic (exact) mass is 356 g/mol. The number of rotatable bonds is 4. The molecule has 2 N–H and O–H groups in total. The van der Waals surface area contributed by atoms with E-state index in [9.17, 15) is 13.8 Å². The minimum Gasteiger partial charge on any atom is -0.326 e. The molecule has 3 rings (SSSR count). The predicted octanol–water partition coefficient (Wildman–Crippen LogP) is 3.01. The van der Waals surface area contributed by atoms with Gasteiger partial charge in [0.25, 0.3) is 0 Å². The minimum atomic E-state index is -1.55. The first-order valence-electron chi connectivity index (χ1n) is 8.20. The van der Waals surface area contributed by atoms with Crippen LogP contribution in [0.2, 0.25) is 0 Å². The van der Waals surface area contributed by atoms with Gasteiger partial charge in [-0.2, -0.15) is 0 Å². The molecule has 2 aromatic rings. The Bertz CT molecular complexity index is 863. The second-order valence-corrected chi connectivity index (χ2v) is 7.59. The Kier molecular flexibility index (Phi) is 4.99. The maximum Gasteiger partial charge on any atom is 0.241 e. The quantitative estimate of drug-likeness (QED) is 0.884. The first-order chi connectivity index (χ1) is 12.0. The Morgan fingerprint density at radius 1 is 1.20 bits per heavy atom. The van der Waals surface area contributed by atoms with E-state index in [1.807, 2.05) is 32.0 Å². The fourth-order valence-electron chi connectivity index (χ4n) is 2.94. The molecule has 2 atom stereocenters. The van der Waals surface area contributed by atoms with Crippen LogP contribution in [0, 0.1) is 6.92 Å². The molecule has 0 saturated heterocycles. The lowest BCUT2D eigenvalue weighted by Gasteiger charge is -2.23. The van der Waals surface area contributed by atoms with Crippen LogP contribution in [-0.4, -0.2) is 21.3 Å². The van der Waals surface area contributed by atoms with Crippen molar-refractivity contribution in [2.75, 3.05) is 10.6 Å². The number of hydrogen-bond donors (Lipinski definition) is 2. The Labute approximate surface area is 149 Å². The summed E-state index contributed by atoms with van der Waals surface area (Å²) in [6.07, 6.45) is 0.671. The average Bonchev–Trinajstić information content (AvgIpc) is 2.60. The topological polar surface area (TPSA) is 75.3 Å². The van der Waals surface area contributed by atoms with Crippen LogP contribution < -0.4 is 10.6 Å². The van der Waals surface area contributed by atoms with Crippen molar-refractivity contribution in [1.82, 2.24) is 0 Å². The summed E-state index contributed by atoms with van der Waals surface area (Å²) in [5.41, 5.74) is 3.33. The van der Waals surface area contributed by atoms with Crippen molar-refractivity contribution in [1.29, 1.82) is 0 Å². The second kappa shape index (κ2) is 7.19. The smallest absolute Gasteiger partial charge is 0.241 e. The highest BCUT2D eigenvalue weighted by atomic mass is 32.2. The zero-order valence-corrected chi connectivity index (χ0v) is 15.0. The zero-order chi connectivity index (χ0) is 18.0. The third kappa shape index (κ3) is 3.49. The Balaban J connectivity index is 1.78. The van der Waals surface area contributed by atoms with Crippen molar-refractivity contribution in [3.63, 3.8) is 0 Å². The van der Waals surface area contributed by atoms with Gasteiger partial charge in [0.1, 0.15) is 5.25 Å². The number of aryl methyl sites for hydroxylation is 2. The van der Waals surface area contributed by atoms with Crippen LogP contribution in [0.5, 0.6) is 0 Å². The van der Waals surface area contributed by atoms with Gasteiger partial charge in [0.15, 0.2) is 0 Å². The number of amides is 2. The van der Waals surface area contributed by atoms with E-state index < -0.39 is 16.0 Å². The van der Waals surface area contributed by atoms with Gasteiger partial charge in [-0.3, -0.25) is 13.8 Å². The van der Waals surface area contributed by atoms with Crippen molar-refractivity contribution in [3.8, 4) is 0 Å². The fraction of sp³-hybridized carbons (Fsp3) is 0.263. The SMILES string of the molecule is CCc1cccc(C)c1NC(=O)C[C@@H]1C(=O)Nc2ccccc2[S@]1=O. The summed E-state index contributed by atoms with van der Waals surface area (Å²) in [6.45, 7) is 3.95. The molecule has 1 heterocycles. The van der Waals surface area contributed by atoms with Gasteiger partial charge in [-0.1, -0.05) is 37.3 Å². The molecule has 0 aromatic heterocycles. The molecule has 130 valence electrons. The van der Waals surface area contributed by atoms with Crippen LogP contribution in [0.1, 0.15) is 24.5 Å². The summed E-state index contributed by atoms with van der Waals surface area (Å²) in [7, 11) is -1.55. The number of anilines is 2. The van der Waals surface area contributed by atoms with Crippen LogP contribution in [-0.2, 0) is 26.8 Å². The molecular formula is C19H20N2O3S. The number of benzene rings is 2.